The van der Waals surface area contributed by atoms with Crippen LogP contribution in [0.4, 0.5) is 4.39 Å². The molecule has 0 bridgehead atoms. The molecule has 2 rings (SSSR count). The van der Waals surface area contributed by atoms with E-state index in [9.17, 15) is 17.6 Å². The highest BCUT2D eigenvalue weighted by atomic mass is 35.5. The largest absolute Gasteiger partial charge is 0.383 e. The van der Waals surface area contributed by atoms with Gasteiger partial charge in [0.2, 0.25) is 0 Å². The minimum absolute atomic E-state index is 0.00766. The van der Waals surface area contributed by atoms with E-state index in [0.717, 1.165) is 12.1 Å². The third kappa shape index (κ3) is 3.97. The monoisotopic (exact) mass is 349 g/mol. The van der Waals surface area contributed by atoms with E-state index in [-0.39, 0.29) is 35.2 Å². The van der Waals surface area contributed by atoms with Crippen molar-refractivity contribution in [3.8, 4) is 0 Å². The molecule has 1 aromatic carbocycles. The van der Waals surface area contributed by atoms with Crippen LogP contribution >= 0.6 is 11.6 Å². The standard InChI is InChI=1S/C14H17ClFNO4S/c1-21-6-5-17(11-4-7-22(19,20)9-11)14(18)12-3-2-10(16)8-13(12)15/h2-3,8,11H,4-7,9H2,1H3. The molecule has 1 fully saturated rings. The van der Waals surface area contributed by atoms with Gasteiger partial charge in [-0.05, 0) is 24.6 Å². The minimum Gasteiger partial charge on any atom is -0.383 e. The summed E-state index contributed by atoms with van der Waals surface area (Å²) in [6.07, 6.45) is 0.386. The Hall–Kier alpha value is -1.18. The molecule has 0 spiro atoms. The highest BCUT2D eigenvalue weighted by molar-refractivity contribution is 7.91. The quantitative estimate of drug-likeness (QED) is 0.812. The molecule has 1 aromatic rings. The summed E-state index contributed by atoms with van der Waals surface area (Å²) in [5, 5.41) is 0.00766. The van der Waals surface area contributed by atoms with Crippen molar-refractivity contribution in [2.45, 2.75) is 12.5 Å². The van der Waals surface area contributed by atoms with Crippen molar-refractivity contribution in [3.05, 3.63) is 34.6 Å². The molecule has 0 radical (unpaired) electrons. The molecule has 1 amide bonds. The Kier molecular flexibility index (Phi) is 5.41. The van der Waals surface area contributed by atoms with E-state index in [1.165, 1.54) is 18.1 Å². The molecule has 1 heterocycles. The Morgan fingerprint density at radius 2 is 2.23 bits per heavy atom. The maximum atomic E-state index is 13.1. The van der Waals surface area contributed by atoms with Gasteiger partial charge in [-0.1, -0.05) is 11.6 Å². The second kappa shape index (κ2) is 6.93. The van der Waals surface area contributed by atoms with E-state index in [1.54, 1.807) is 0 Å². The van der Waals surface area contributed by atoms with Crippen molar-refractivity contribution >= 4 is 27.3 Å². The summed E-state index contributed by atoms with van der Waals surface area (Å²) >= 11 is 5.93. The van der Waals surface area contributed by atoms with Crippen molar-refractivity contribution in [2.24, 2.45) is 0 Å². The zero-order valence-electron chi connectivity index (χ0n) is 12.1. The SMILES string of the molecule is COCCN(C(=O)c1ccc(F)cc1Cl)C1CCS(=O)(=O)C1. The van der Waals surface area contributed by atoms with Crippen molar-refractivity contribution in [1.82, 2.24) is 4.90 Å². The lowest BCUT2D eigenvalue weighted by Crippen LogP contribution is -2.43. The number of rotatable bonds is 5. The maximum Gasteiger partial charge on any atom is 0.255 e. The molecule has 0 saturated carbocycles. The van der Waals surface area contributed by atoms with E-state index in [4.69, 9.17) is 16.3 Å². The van der Waals surface area contributed by atoms with Crippen LogP contribution in [0, 0.1) is 5.82 Å². The van der Waals surface area contributed by atoms with Gasteiger partial charge in [0, 0.05) is 19.7 Å². The van der Waals surface area contributed by atoms with Gasteiger partial charge in [0.25, 0.3) is 5.91 Å². The summed E-state index contributed by atoms with van der Waals surface area (Å²) in [6.45, 7) is 0.532. The first-order valence-corrected chi connectivity index (χ1v) is 8.99. The zero-order valence-corrected chi connectivity index (χ0v) is 13.7. The van der Waals surface area contributed by atoms with Crippen LogP contribution in [0.1, 0.15) is 16.8 Å². The number of hydrogen-bond acceptors (Lipinski definition) is 4. The summed E-state index contributed by atoms with van der Waals surface area (Å²) in [7, 11) is -1.63. The van der Waals surface area contributed by atoms with Crippen LogP contribution in [0.3, 0.4) is 0 Å². The third-order valence-corrected chi connectivity index (χ3v) is 5.67. The fourth-order valence-electron chi connectivity index (χ4n) is 2.48. The first kappa shape index (κ1) is 17.2. The van der Waals surface area contributed by atoms with Crippen LogP contribution in [0.15, 0.2) is 18.2 Å². The normalized spacial score (nSPS) is 20.0. The Labute approximate surface area is 133 Å². The Balaban J connectivity index is 2.26. The van der Waals surface area contributed by atoms with Gasteiger partial charge in [0.15, 0.2) is 9.84 Å². The number of hydrogen-bond donors (Lipinski definition) is 0. The van der Waals surface area contributed by atoms with Crippen LogP contribution in [-0.2, 0) is 14.6 Å². The minimum atomic E-state index is -3.13. The van der Waals surface area contributed by atoms with Gasteiger partial charge in [0.05, 0.1) is 28.7 Å². The summed E-state index contributed by atoms with van der Waals surface area (Å²) in [5.74, 6) is -0.954. The highest BCUT2D eigenvalue weighted by Crippen LogP contribution is 2.24. The molecule has 1 atom stereocenters. The molecule has 1 unspecified atom stereocenters. The molecule has 0 aliphatic carbocycles. The Morgan fingerprint density at radius 1 is 1.50 bits per heavy atom. The first-order valence-electron chi connectivity index (χ1n) is 6.79. The van der Waals surface area contributed by atoms with E-state index < -0.39 is 27.6 Å². The third-order valence-electron chi connectivity index (χ3n) is 3.61. The number of halogens is 2. The van der Waals surface area contributed by atoms with Gasteiger partial charge >= 0.3 is 0 Å². The van der Waals surface area contributed by atoms with Gasteiger partial charge < -0.3 is 9.64 Å². The summed E-state index contributed by atoms with van der Waals surface area (Å²) in [4.78, 5) is 14.1. The second-order valence-electron chi connectivity index (χ2n) is 5.17. The molecule has 0 N–H and O–H groups in total. The van der Waals surface area contributed by atoms with E-state index >= 15 is 0 Å². The van der Waals surface area contributed by atoms with Crippen LogP contribution in [0.2, 0.25) is 5.02 Å². The lowest BCUT2D eigenvalue weighted by Gasteiger charge is -2.28. The number of sulfone groups is 1. The molecule has 1 aliphatic heterocycles. The summed E-state index contributed by atoms with van der Waals surface area (Å²) in [5.41, 5.74) is 0.156. The predicted molar refractivity (Wildman–Crippen MR) is 81.4 cm³/mol. The average molecular weight is 350 g/mol. The predicted octanol–water partition coefficient (Wildman–Crippen LogP) is 1.75. The lowest BCUT2D eigenvalue weighted by molar-refractivity contribution is 0.0624. The molecule has 0 aromatic heterocycles. The molecule has 122 valence electrons. The molecule has 22 heavy (non-hydrogen) atoms. The number of benzene rings is 1. The molecule has 1 saturated heterocycles. The number of ether oxygens (including phenoxy) is 1. The van der Waals surface area contributed by atoms with Crippen molar-refractivity contribution in [3.63, 3.8) is 0 Å². The number of nitrogens with zero attached hydrogens (tertiary/aromatic N) is 1. The topological polar surface area (TPSA) is 63.7 Å². The van der Waals surface area contributed by atoms with Crippen molar-refractivity contribution < 1.29 is 22.3 Å². The van der Waals surface area contributed by atoms with E-state index in [1.807, 2.05) is 0 Å². The van der Waals surface area contributed by atoms with Crippen LogP contribution in [0.25, 0.3) is 0 Å². The summed E-state index contributed by atoms with van der Waals surface area (Å²) in [6, 6.07) is 3.12. The first-order chi connectivity index (χ1) is 10.3. The number of carbonyl (C=O) groups is 1. The highest BCUT2D eigenvalue weighted by Gasteiger charge is 2.35. The maximum absolute atomic E-state index is 13.1. The summed E-state index contributed by atoms with van der Waals surface area (Å²) < 4.78 is 41.4. The van der Waals surface area contributed by atoms with Crippen LogP contribution in [-0.4, -0.2) is 57.0 Å². The molecular formula is C14H17ClFNO4S. The second-order valence-corrected chi connectivity index (χ2v) is 7.81. The van der Waals surface area contributed by atoms with Crippen LogP contribution < -0.4 is 0 Å². The number of methoxy groups -OCH3 is 1. The molecule has 5 nitrogen and oxygen atoms in total. The van der Waals surface area contributed by atoms with Gasteiger partial charge in [-0.2, -0.15) is 0 Å². The van der Waals surface area contributed by atoms with E-state index in [0.29, 0.717) is 6.42 Å². The average Bonchev–Trinajstić information content (AvgIpc) is 2.79. The Bertz CT molecular complexity index is 665. The van der Waals surface area contributed by atoms with Gasteiger partial charge in [-0.15, -0.1) is 0 Å². The fourth-order valence-corrected chi connectivity index (χ4v) is 4.46. The van der Waals surface area contributed by atoms with Crippen LogP contribution in [0.5, 0.6) is 0 Å². The van der Waals surface area contributed by atoms with E-state index in [2.05, 4.69) is 0 Å². The van der Waals surface area contributed by atoms with Crippen molar-refractivity contribution in [1.29, 1.82) is 0 Å². The Morgan fingerprint density at radius 3 is 2.77 bits per heavy atom. The van der Waals surface area contributed by atoms with Gasteiger partial charge in [-0.3, -0.25) is 4.79 Å². The zero-order chi connectivity index (χ0) is 16.3. The van der Waals surface area contributed by atoms with Gasteiger partial charge in [-0.25, -0.2) is 12.8 Å². The number of amides is 1. The fraction of sp³-hybridized carbons (Fsp3) is 0.500. The van der Waals surface area contributed by atoms with Crippen molar-refractivity contribution in [2.75, 3.05) is 31.8 Å². The molecule has 8 heteroatoms. The smallest absolute Gasteiger partial charge is 0.255 e. The lowest BCUT2D eigenvalue weighted by atomic mass is 10.1. The van der Waals surface area contributed by atoms with Gasteiger partial charge in [0.1, 0.15) is 5.82 Å². The molecule has 1 aliphatic rings. The molecular weight excluding hydrogens is 333 g/mol. The number of carbonyl (C=O) groups excluding carboxylic acids is 1.